The van der Waals surface area contributed by atoms with Crippen molar-refractivity contribution in [2.75, 3.05) is 13.7 Å². The van der Waals surface area contributed by atoms with E-state index in [1.54, 1.807) is 13.2 Å². The van der Waals surface area contributed by atoms with Crippen LogP contribution in [0.25, 0.3) is 0 Å². The van der Waals surface area contributed by atoms with Crippen molar-refractivity contribution in [3.63, 3.8) is 0 Å². The van der Waals surface area contributed by atoms with Gasteiger partial charge in [0.1, 0.15) is 5.75 Å². The fourth-order valence-corrected chi connectivity index (χ4v) is 1.67. The summed E-state index contributed by atoms with van der Waals surface area (Å²) in [6.07, 6.45) is 2.53. The Morgan fingerprint density at radius 1 is 1.50 bits per heavy atom. The minimum Gasteiger partial charge on any atom is -0.496 e. The number of ether oxygens (including phenoxy) is 1. The van der Waals surface area contributed by atoms with Crippen LogP contribution in [-0.4, -0.2) is 18.8 Å². The Balaban J connectivity index is 3.03. The normalized spacial score (nSPS) is 14.2. The Morgan fingerprint density at radius 3 is 2.69 bits per heavy atom. The fourth-order valence-electron chi connectivity index (χ4n) is 1.67. The van der Waals surface area contributed by atoms with Gasteiger partial charge < -0.3 is 9.84 Å². The van der Waals surface area contributed by atoms with Gasteiger partial charge >= 0.3 is 0 Å². The van der Waals surface area contributed by atoms with Crippen molar-refractivity contribution in [1.82, 2.24) is 0 Å². The van der Waals surface area contributed by atoms with Crippen molar-refractivity contribution in [3.05, 3.63) is 42.0 Å². The summed E-state index contributed by atoms with van der Waals surface area (Å²) in [6, 6.07) is 6.08. The summed E-state index contributed by atoms with van der Waals surface area (Å²) in [7, 11) is 1.67. The second-order valence-electron chi connectivity index (χ2n) is 4.51. The molecule has 0 saturated carbocycles. The van der Waals surface area contributed by atoms with Gasteiger partial charge in [0, 0.05) is 5.41 Å². The summed E-state index contributed by atoms with van der Waals surface area (Å²) in [5.74, 6) is 0.868. The Hall–Kier alpha value is -1.28. The van der Waals surface area contributed by atoms with Crippen LogP contribution in [0.1, 0.15) is 18.1 Å². The molecule has 0 radical (unpaired) electrons. The van der Waals surface area contributed by atoms with Gasteiger partial charge in [0.15, 0.2) is 0 Å². The quantitative estimate of drug-likeness (QED) is 0.773. The standard InChI is InChI=1S/C14H20O2/c1-5-14(3,10-15)9-12-8-11(2)6-7-13(12)16-4/h5-8,15H,1,9-10H2,2-4H3. The molecule has 0 saturated heterocycles. The highest BCUT2D eigenvalue weighted by Crippen LogP contribution is 2.29. The summed E-state index contributed by atoms with van der Waals surface area (Å²) in [4.78, 5) is 0. The van der Waals surface area contributed by atoms with E-state index in [-0.39, 0.29) is 12.0 Å². The van der Waals surface area contributed by atoms with Gasteiger partial charge in [0.25, 0.3) is 0 Å². The van der Waals surface area contributed by atoms with Crippen molar-refractivity contribution >= 4 is 0 Å². The molecule has 1 aromatic carbocycles. The molecule has 1 aromatic rings. The highest BCUT2D eigenvalue weighted by atomic mass is 16.5. The first-order chi connectivity index (χ1) is 7.54. The maximum atomic E-state index is 9.37. The first kappa shape index (κ1) is 12.8. The minimum absolute atomic E-state index is 0.0909. The molecule has 2 heteroatoms. The van der Waals surface area contributed by atoms with Gasteiger partial charge in [-0.05, 0) is 25.0 Å². The van der Waals surface area contributed by atoms with Crippen LogP contribution in [0.2, 0.25) is 0 Å². The van der Waals surface area contributed by atoms with Gasteiger partial charge in [-0.1, -0.05) is 30.7 Å². The number of aliphatic hydroxyl groups excluding tert-OH is 1. The molecule has 88 valence electrons. The number of benzene rings is 1. The first-order valence-corrected chi connectivity index (χ1v) is 5.42. The predicted molar refractivity (Wildman–Crippen MR) is 66.8 cm³/mol. The summed E-state index contributed by atoms with van der Waals surface area (Å²) < 4.78 is 5.32. The smallest absolute Gasteiger partial charge is 0.122 e. The molecule has 0 aliphatic carbocycles. The highest BCUT2D eigenvalue weighted by Gasteiger charge is 2.21. The van der Waals surface area contributed by atoms with Crippen LogP contribution in [0.15, 0.2) is 30.9 Å². The number of aliphatic hydroxyl groups is 1. The number of methoxy groups -OCH3 is 1. The molecule has 0 bridgehead atoms. The Kier molecular flexibility index (Phi) is 4.13. The van der Waals surface area contributed by atoms with Gasteiger partial charge in [0.05, 0.1) is 13.7 Å². The number of hydrogen-bond donors (Lipinski definition) is 1. The SMILES string of the molecule is C=CC(C)(CO)Cc1cc(C)ccc1OC. The molecule has 2 nitrogen and oxygen atoms in total. The predicted octanol–water partition coefficient (Wildman–Crippen LogP) is 2.73. The third kappa shape index (κ3) is 2.86. The molecule has 0 aliphatic heterocycles. The summed E-state index contributed by atoms with van der Waals surface area (Å²) in [6.45, 7) is 7.90. The van der Waals surface area contributed by atoms with Gasteiger partial charge in [0.2, 0.25) is 0 Å². The van der Waals surface area contributed by atoms with Gasteiger partial charge in [-0.15, -0.1) is 6.58 Å². The van der Waals surface area contributed by atoms with Crippen molar-refractivity contribution in [3.8, 4) is 5.75 Å². The van der Waals surface area contributed by atoms with E-state index in [1.165, 1.54) is 5.56 Å². The molecule has 1 unspecified atom stereocenters. The number of aryl methyl sites for hydroxylation is 1. The molecular weight excluding hydrogens is 200 g/mol. The van der Waals surface area contributed by atoms with E-state index >= 15 is 0 Å². The monoisotopic (exact) mass is 220 g/mol. The molecule has 0 amide bonds. The second-order valence-corrected chi connectivity index (χ2v) is 4.51. The van der Waals surface area contributed by atoms with Crippen LogP contribution in [0, 0.1) is 12.3 Å². The third-order valence-corrected chi connectivity index (χ3v) is 2.88. The zero-order valence-electron chi connectivity index (χ0n) is 10.3. The van der Waals surface area contributed by atoms with Crippen LogP contribution in [0.3, 0.4) is 0 Å². The molecule has 0 aromatic heterocycles. The second kappa shape index (κ2) is 5.17. The van der Waals surface area contributed by atoms with Crippen LogP contribution in [-0.2, 0) is 6.42 Å². The van der Waals surface area contributed by atoms with Crippen molar-refractivity contribution in [2.45, 2.75) is 20.3 Å². The van der Waals surface area contributed by atoms with E-state index in [9.17, 15) is 5.11 Å². The van der Waals surface area contributed by atoms with Gasteiger partial charge in [-0.25, -0.2) is 0 Å². The Bertz CT molecular complexity index is 371. The van der Waals surface area contributed by atoms with E-state index in [4.69, 9.17) is 4.74 Å². The largest absolute Gasteiger partial charge is 0.496 e. The maximum Gasteiger partial charge on any atom is 0.122 e. The molecular formula is C14H20O2. The lowest BCUT2D eigenvalue weighted by Gasteiger charge is -2.24. The molecule has 1 N–H and O–H groups in total. The number of rotatable bonds is 5. The maximum absolute atomic E-state index is 9.37. The van der Waals surface area contributed by atoms with Crippen molar-refractivity contribution in [2.24, 2.45) is 5.41 Å². The summed E-state index contributed by atoms with van der Waals surface area (Å²) in [5, 5.41) is 9.37. The molecule has 0 fully saturated rings. The molecule has 1 rings (SSSR count). The zero-order chi connectivity index (χ0) is 12.2. The first-order valence-electron chi connectivity index (χ1n) is 5.42. The Labute approximate surface area is 97.6 Å². The van der Waals surface area contributed by atoms with E-state index in [0.717, 1.165) is 17.7 Å². The van der Waals surface area contributed by atoms with Crippen LogP contribution >= 0.6 is 0 Å². The summed E-state index contributed by atoms with van der Waals surface area (Å²) in [5.41, 5.74) is 2.01. The lowest BCUT2D eigenvalue weighted by molar-refractivity contribution is 0.183. The van der Waals surface area contributed by atoms with Crippen molar-refractivity contribution < 1.29 is 9.84 Å². The van der Waals surface area contributed by atoms with E-state index in [1.807, 2.05) is 26.0 Å². The average molecular weight is 220 g/mol. The average Bonchev–Trinajstić information content (AvgIpc) is 2.29. The zero-order valence-corrected chi connectivity index (χ0v) is 10.3. The summed E-state index contributed by atoms with van der Waals surface area (Å²) >= 11 is 0. The van der Waals surface area contributed by atoms with E-state index < -0.39 is 0 Å². The fraction of sp³-hybridized carbons (Fsp3) is 0.429. The molecule has 1 atom stereocenters. The van der Waals surface area contributed by atoms with Crippen LogP contribution in [0.5, 0.6) is 5.75 Å². The van der Waals surface area contributed by atoms with E-state index in [0.29, 0.717) is 0 Å². The third-order valence-electron chi connectivity index (χ3n) is 2.88. The minimum atomic E-state index is -0.291. The van der Waals surface area contributed by atoms with Crippen LogP contribution < -0.4 is 4.74 Å². The molecule has 16 heavy (non-hydrogen) atoms. The van der Waals surface area contributed by atoms with Crippen molar-refractivity contribution in [1.29, 1.82) is 0 Å². The van der Waals surface area contributed by atoms with Gasteiger partial charge in [-0.2, -0.15) is 0 Å². The molecule has 0 aliphatic rings. The lowest BCUT2D eigenvalue weighted by atomic mass is 9.84. The number of hydrogen-bond acceptors (Lipinski definition) is 2. The Morgan fingerprint density at radius 2 is 2.19 bits per heavy atom. The van der Waals surface area contributed by atoms with Gasteiger partial charge in [-0.3, -0.25) is 0 Å². The lowest BCUT2D eigenvalue weighted by Crippen LogP contribution is -2.21. The molecule has 0 spiro atoms. The topological polar surface area (TPSA) is 29.5 Å². The highest BCUT2D eigenvalue weighted by molar-refractivity contribution is 5.38. The molecule has 0 heterocycles. The van der Waals surface area contributed by atoms with Crippen LogP contribution in [0.4, 0.5) is 0 Å². The van der Waals surface area contributed by atoms with E-state index in [2.05, 4.69) is 12.6 Å².